The molecule has 1 unspecified atom stereocenters. The summed E-state index contributed by atoms with van der Waals surface area (Å²) in [5.41, 5.74) is 4.28. The molecule has 0 spiro atoms. The molecular formula is C29H39O6P. The Bertz CT molecular complexity index is 1170. The van der Waals surface area contributed by atoms with Crippen molar-refractivity contribution in [1.82, 2.24) is 0 Å². The average Bonchev–Trinajstić information content (AvgIpc) is 2.78. The first-order valence-corrected chi connectivity index (χ1v) is 14.3. The van der Waals surface area contributed by atoms with Gasteiger partial charge < -0.3 is 18.5 Å². The fourth-order valence-electron chi connectivity index (χ4n) is 4.44. The van der Waals surface area contributed by atoms with Gasteiger partial charge in [0.25, 0.3) is 0 Å². The molecule has 1 heterocycles. The molecule has 0 fully saturated rings. The predicted octanol–water partition coefficient (Wildman–Crippen LogP) is 7.96. The number of benzene rings is 2. The molecule has 6 nitrogen and oxygen atoms in total. The van der Waals surface area contributed by atoms with E-state index < -0.39 is 13.0 Å². The van der Waals surface area contributed by atoms with E-state index in [1.165, 1.54) is 14.0 Å². The number of ether oxygens (including phenoxy) is 2. The number of aryl methyl sites for hydroxylation is 2. The second-order valence-corrected chi connectivity index (χ2v) is 12.4. The summed E-state index contributed by atoms with van der Waals surface area (Å²) in [4.78, 5) is 11.2. The van der Waals surface area contributed by atoms with Gasteiger partial charge in [0.2, 0.25) is 0 Å². The van der Waals surface area contributed by atoms with Crippen LogP contribution in [0.15, 0.2) is 36.9 Å². The lowest BCUT2D eigenvalue weighted by Gasteiger charge is -2.30. The van der Waals surface area contributed by atoms with Gasteiger partial charge in [-0.15, -0.1) is 0 Å². The van der Waals surface area contributed by atoms with Crippen LogP contribution in [0.1, 0.15) is 70.1 Å². The molecule has 3 rings (SSSR count). The maximum absolute atomic E-state index is 14.0. The fraction of sp³-hybridized carbons (Fsp3) is 0.483. The molecule has 2 aromatic carbocycles. The van der Waals surface area contributed by atoms with Gasteiger partial charge in [-0.25, -0.2) is 4.57 Å². The van der Waals surface area contributed by atoms with Crippen LogP contribution in [-0.4, -0.2) is 25.8 Å². The smallest absolute Gasteiger partial charge is 0.379 e. The van der Waals surface area contributed by atoms with Crippen molar-refractivity contribution in [3.63, 3.8) is 0 Å². The number of hydrogen-bond donors (Lipinski definition) is 0. The van der Waals surface area contributed by atoms with Crippen LogP contribution >= 0.6 is 7.60 Å². The van der Waals surface area contributed by atoms with E-state index in [1.807, 2.05) is 45.0 Å². The van der Waals surface area contributed by atoms with Gasteiger partial charge in [0.05, 0.1) is 18.3 Å². The zero-order valence-corrected chi connectivity index (χ0v) is 23.3. The molecule has 0 aromatic heterocycles. The molecule has 0 amide bonds. The Balaban J connectivity index is 2.02. The molecule has 0 radical (unpaired) electrons. The van der Waals surface area contributed by atoms with Crippen molar-refractivity contribution in [2.45, 2.75) is 66.7 Å². The summed E-state index contributed by atoms with van der Waals surface area (Å²) in [7, 11) is -2.15. The quantitative estimate of drug-likeness (QED) is 0.163. The Hall–Kier alpha value is -2.56. The first kappa shape index (κ1) is 28.0. The Labute approximate surface area is 215 Å². The minimum absolute atomic E-state index is 0.168. The third kappa shape index (κ3) is 7.02. The van der Waals surface area contributed by atoms with E-state index in [-0.39, 0.29) is 18.7 Å². The van der Waals surface area contributed by atoms with Crippen molar-refractivity contribution in [3.05, 3.63) is 53.6 Å². The van der Waals surface area contributed by atoms with Crippen molar-refractivity contribution < 1.29 is 27.9 Å². The van der Waals surface area contributed by atoms with E-state index in [4.69, 9.17) is 18.5 Å². The van der Waals surface area contributed by atoms with Gasteiger partial charge in [0.1, 0.15) is 17.3 Å². The highest BCUT2D eigenvalue weighted by atomic mass is 31.2. The topological polar surface area (TPSA) is 71.1 Å². The third-order valence-electron chi connectivity index (χ3n) is 6.39. The molecule has 1 aliphatic rings. The lowest BCUT2D eigenvalue weighted by Crippen LogP contribution is -2.22. The molecule has 0 N–H and O–H groups in total. The van der Waals surface area contributed by atoms with Crippen molar-refractivity contribution in [1.29, 1.82) is 0 Å². The zero-order chi connectivity index (χ0) is 26.5. The Kier molecular flexibility index (Phi) is 9.08. The Morgan fingerprint density at radius 2 is 1.89 bits per heavy atom. The molecular weight excluding hydrogens is 475 g/mol. The monoisotopic (exact) mass is 514 g/mol. The van der Waals surface area contributed by atoms with Crippen molar-refractivity contribution in [2.75, 3.05) is 19.9 Å². The number of fused-ring (bicyclic) bond motifs is 3. The van der Waals surface area contributed by atoms with Gasteiger partial charge >= 0.3 is 13.6 Å². The van der Waals surface area contributed by atoms with Crippen LogP contribution in [0.4, 0.5) is 0 Å². The molecule has 0 bridgehead atoms. The summed E-state index contributed by atoms with van der Waals surface area (Å²) in [6.45, 7) is 13.9. The van der Waals surface area contributed by atoms with Crippen LogP contribution in [0.5, 0.6) is 11.5 Å². The van der Waals surface area contributed by atoms with E-state index in [0.29, 0.717) is 23.7 Å². The van der Waals surface area contributed by atoms with Crippen LogP contribution in [0.2, 0.25) is 0 Å². The second-order valence-electron chi connectivity index (χ2n) is 10.3. The van der Waals surface area contributed by atoms with Crippen LogP contribution in [0, 0.1) is 12.3 Å². The van der Waals surface area contributed by atoms with Crippen LogP contribution in [0.25, 0.3) is 16.9 Å². The normalized spacial score (nSPS) is 14.3. The molecule has 0 aliphatic carbocycles. The van der Waals surface area contributed by atoms with Gasteiger partial charge in [0, 0.05) is 25.2 Å². The highest BCUT2D eigenvalue weighted by Gasteiger charge is 2.36. The predicted molar refractivity (Wildman–Crippen MR) is 145 cm³/mol. The molecule has 36 heavy (non-hydrogen) atoms. The number of hydrogen-bond acceptors (Lipinski definition) is 6. The Morgan fingerprint density at radius 3 is 2.56 bits per heavy atom. The highest BCUT2D eigenvalue weighted by Crippen LogP contribution is 2.57. The van der Waals surface area contributed by atoms with Crippen LogP contribution in [0.3, 0.4) is 0 Å². The summed E-state index contributed by atoms with van der Waals surface area (Å²) in [6.07, 6.45) is 4.84. The molecule has 0 saturated heterocycles. The van der Waals surface area contributed by atoms with E-state index >= 15 is 0 Å². The van der Waals surface area contributed by atoms with Crippen LogP contribution < -0.4 is 9.26 Å². The lowest BCUT2D eigenvalue weighted by atomic mass is 9.91. The summed E-state index contributed by atoms with van der Waals surface area (Å²) >= 11 is 0. The maximum atomic E-state index is 14.0. The molecule has 7 heteroatoms. The van der Waals surface area contributed by atoms with Crippen molar-refractivity contribution in [3.8, 4) is 22.6 Å². The Morgan fingerprint density at radius 1 is 1.14 bits per heavy atom. The number of rotatable bonds is 12. The van der Waals surface area contributed by atoms with Gasteiger partial charge in [-0.3, -0.25) is 4.79 Å². The third-order valence-corrected chi connectivity index (χ3v) is 8.67. The lowest BCUT2D eigenvalue weighted by molar-refractivity contribution is -0.141. The number of unbranched alkanes of at least 4 members (excludes halogenated alkanes) is 2. The SMILES string of the molecule is C=C1Oc2cc(CCCCC)cc(OP(=O)(CC(C)(C)CCOC(C)=O)OC)c2-c2cc(C)ccc21. The molecule has 0 saturated carbocycles. The molecule has 1 atom stereocenters. The average molecular weight is 515 g/mol. The summed E-state index contributed by atoms with van der Waals surface area (Å²) in [5.74, 6) is 1.38. The van der Waals surface area contributed by atoms with Gasteiger partial charge in [-0.1, -0.05) is 64.0 Å². The zero-order valence-electron chi connectivity index (χ0n) is 22.4. The van der Waals surface area contributed by atoms with Gasteiger partial charge in [-0.2, -0.15) is 0 Å². The molecule has 196 valence electrons. The van der Waals surface area contributed by atoms with Crippen LogP contribution in [-0.2, 0) is 25.0 Å². The van der Waals surface area contributed by atoms with Crippen molar-refractivity contribution in [2.24, 2.45) is 5.41 Å². The number of carbonyl (C=O) groups excluding carboxylic acids is 1. The largest absolute Gasteiger partial charge is 0.466 e. The summed E-state index contributed by atoms with van der Waals surface area (Å²) < 4.78 is 37.1. The maximum Gasteiger partial charge on any atom is 0.379 e. The summed E-state index contributed by atoms with van der Waals surface area (Å²) in [5, 5.41) is 0. The van der Waals surface area contributed by atoms with Gasteiger partial charge in [-0.05, 0) is 49.3 Å². The number of carbonyl (C=O) groups is 1. The number of esters is 1. The van der Waals surface area contributed by atoms with E-state index in [0.717, 1.165) is 53.5 Å². The minimum Gasteiger partial charge on any atom is -0.466 e. The van der Waals surface area contributed by atoms with Crippen molar-refractivity contribution >= 4 is 19.3 Å². The van der Waals surface area contributed by atoms with Gasteiger partial charge in [0.15, 0.2) is 0 Å². The first-order chi connectivity index (χ1) is 17.0. The van der Waals surface area contributed by atoms with E-state index in [1.54, 1.807) is 0 Å². The standard InChI is InChI=1S/C29H39O6P/c1-8-9-10-11-23-17-26-28(25-16-20(2)12-13-24(25)21(3)34-26)27(18-23)35-36(31,32-7)19-29(5,6)14-15-33-22(4)30/h12-13,16-18H,3,8-11,14-15,19H2,1-2,4-7H3. The van der Waals surface area contributed by atoms with E-state index in [9.17, 15) is 9.36 Å². The summed E-state index contributed by atoms with van der Waals surface area (Å²) in [6, 6.07) is 10.1. The minimum atomic E-state index is -3.56. The fourth-order valence-corrected chi connectivity index (χ4v) is 6.36. The molecule has 2 aromatic rings. The molecule has 1 aliphatic heterocycles. The highest BCUT2D eigenvalue weighted by molar-refractivity contribution is 7.54. The second kappa shape index (κ2) is 11.7. The van der Waals surface area contributed by atoms with E-state index in [2.05, 4.69) is 19.6 Å². The first-order valence-electron chi connectivity index (χ1n) is 12.6.